The minimum atomic E-state index is -0.632. The van der Waals surface area contributed by atoms with E-state index in [1.807, 2.05) is 12.4 Å². The zero-order valence-corrected chi connectivity index (χ0v) is 18.9. The average molecular weight is 468 g/mol. The quantitative estimate of drug-likeness (QED) is 0.369. The predicted molar refractivity (Wildman–Crippen MR) is 125 cm³/mol. The molecule has 0 bridgehead atoms. The Balaban J connectivity index is 1.54. The maximum Gasteiger partial charge on any atom is 0.412 e. The largest absolute Gasteiger partial charge is 0.444 e. The molecule has 0 aliphatic rings. The maximum absolute atomic E-state index is 12.9. The van der Waals surface area contributed by atoms with Gasteiger partial charge in [0.1, 0.15) is 26.9 Å². The summed E-state index contributed by atoms with van der Waals surface area (Å²) in [5.74, 6) is 0. The number of pyridine rings is 2. The number of hydrogen-bond donors (Lipinski definition) is 3. The van der Waals surface area contributed by atoms with Crippen molar-refractivity contribution < 1.29 is 14.6 Å². The smallest absolute Gasteiger partial charge is 0.412 e. The number of hydrogen-bond acceptors (Lipinski definition) is 8. The van der Waals surface area contributed by atoms with Crippen molar-refractivity contribution in [2.75, 3.05) is 11.9 Å². The normalized spacial score (nSPS) is 12.1. The van der Waals surface area contributed by atoms with E-state index >= 15 is 0 Å². The van der Waals surface area contributed by atoms with E-state index in [0.717, 1.165) is 10.4 Å². The number of anilines is 1. The summed E-state index contributed by atoms with van der Waals surface area (Å²) in [4.78, 5) is 33.8. The number of rotatable bonds is 4. The van der Waals surface area contributed by atoms with E-state index in [1.54, 1.807) is 42.2 Å². The number of ether oxygens (including phenoxy) is 1. The van der Waals surface area contributed by atoms with Crippen molar-refractivity contribution in [2.24, 2.45) is 0 Å². The monoisotopic (exact) mass is 467 g/mol. The number of carbonyl (C=O) groups is 1. The molecule has 5 heterocycles. The Labute approximate surface area is 190 Å². The summed E-state index contributed by atoms with van der Waals surface area (Å²) in [6, 6.07) is 1.63. The number of aromatic nitrogens is 6. The van der Waals surface area contributed by atoms with E-state index in [1.165, 1.54) is 17.5 Å². The van der Waals surface area contributed by atoms with Crippen LogP contribution < -0.4 is 10.9 Å². The molecule has 0 fully saturated rings. The fraction of sp³-hybridized carbons (Fsp3) is 0.286. The number of aliphatic hydroxyl groups excluding tert-OH is 1. The second-order valence-electron chi connectivity index (χ2n) is 8.49. The number of carbonyl (C=O) groups excluding carboxylic acids is 1. The Hall–Kier alpha value is -3.77. The summed E-state index contributed by atoms with van der Waals surface area (Å²) in [5, 5.41) is 21.0. The number of H-pyrrole nitrogens is 1. The van der Waals surface area contributed by atoms with Gasteiger partial charge in [0.25, 0.3) is 5.56 Å². The highest BCUT2D eigenvalue weighted by Gasteiger charge is 2.19. The topological polar surface area (TPSA) is 139 Å². The summed E-state index contributed by atoms with van der Waals surface area (Å²) in [6.07, 6.45) is 6.28. The fourth-order valence-corrected chi connectivity index (χ4v) is 4.55. The molecule has 0 atom stereocenters. The lowest BCUT2D eigenvalue weighted by Gasteiger charge is -2.19. The van der Waals surface area contributed by atoms with Crippen LogP contribution in [0.1, 0.15) is 20.8 Å². The molecule has 0 aliphatic heterocycles. The van der Waals surface area contributed by atoms with Crippen LogP contribution in [0.5, 0.6) is 0 Å². The van der Waals surface area contributed by atoms with Crippen molar-refractivity contribution >= 4 is 49.9 Å². The van der Waals surface area contributed by atoms with Gasteiger partial charge >= 0.3 is 6.09 Å². The number of aromatic amines is 1. The van der Waals surface area contributed by atoms with Gasteiger partial charge in [-0.1, -0.05) is 0 Å². The van der Waals surface area contributed by atoms with Crippen molar-refractivity contribution in [3.63, 3.8) is 0 Å². The minimum Gasteiger partial charge on any atom is -0.444 e. The second kappa shape index (κ2) is 7.67. The molecule has 5 aromatic heterocycles. The van der Waals surface area contributed by atoms with Gasteiger partial charge in [0, 0.05) is 18.0 Å². The zero-order chi connectivity index (χ0) is 23.3. The third-order valence-electron chi connectivity index (χ3n) is 4.79. The lowest BCUT2D eigenvalue weighted by Crippen LogP contribution is -2.27. The van der Waals surface area contributed by atoms with Gasteiger partial charge in [-0.15, -0.1) is 11.3 Å². The zero-order valence-electron chi connectivity index (χ0n) is 18.1. The molecule has 33 heavy (non-hydrogen) atoms. The standard InChI is InChI=1S/C21H21N7O4S/c1-21(2,3)32-20(31)24-12-6-13-16(22-8-12)17-15(18(30)25-13)19-28(26-17)10-14(33-19)11-7-23-27(9-11)4-5-29/h6-10,29H,4-5H2,1-3H3,(H,24,31)(H,25,30). The maximum atomic E-state index is 12.9. The Morgan fingerprint density at radius 3 is 2.85 bits per heavy atom. The number of nitrogens with zero attached hydrogens (tertiary/aromatic N) is 5. The highest BCUT2D eigenvalue weighted by Crippen LogP contribution is 2.33. The highest BCUT2D eigenvalue weighted by molar-refractivity contribution is 7.21. The van der Waals surface area contributed by atoms with Gasteiger partial charge in [-0.05, 0) is 26.8 Å². The van der Waals surface area contributed by atoms with Crippen molar-refractivity contribution in [3.8, 4) is 10.4 Å². The Morgan fingerprint density at radius 1 is 1.27 bits per heavy atom. The lowest BCUT2D eigenvalue weighted by atomic mass is 10.2. The Morgan fingerprint density at radius 2 is 2.09 bits per heavy atom. The number of amides is 1. The molecule has 12 heteroatoms. The van der Waals surface area contributed by atoms with Crippen LogP contribution in [0.15, 0.2) is 35.6 Å². The first-order valence-corrected chi connectivity index (χ1v) is 11.0. The van der Waals surface area contributed by atoms with Crippen molar-refractivity contribution in [3.05, 3.63) is 41.2 Å². The van der Waals surface area contributed by atoms with Crippen LogP contribution in [-0.4, -0.2) is 52.8 Å². The summed E-state index contributed by atoms with van der Waals surface area (Å²) in [5.41, 5.74) is 1.80. The van der Waals surface area contributed by atoms with E-state index < -0.39 is 11.7 Å². The fourth-order valence-electron chi connectivity index (χ4n) is 3.49. The highest BCUT2D eigenvalue weighted by atomic mass is 32.1. The molecule has 3 N–H and O–H groups in total. The first-order valence-electron chi connectivity index (χ1n) is 10.2. The van der Waals surface area contributed by atoms with Crippen LogP contribution in [-0.2, 0) is 11.3 Å². The number of nitrogens with one attached hydrogen (secondary N) is 2. The molecule has 0 aliphatic carbocycles. The molecule has 0 saturated carbocycles. The second-order valence-corrected chi connectivity index (χ2v) is 9.52. The lowest BCUT2D eigenvalue weighted by molar-refractivity contribution is 0.0636. The van der Waals surface area contributed by atoms with Crippen LogP contribution in [0.25, 0.3) is 37.2 Å². The van der Waals surface area contributed by atoms with Crippen LogP contribution in [0.3, 0.4) is 0 Å². The molecular weight excluding hydrogens is 446 g/mol. The Kier molecular flexibility index (Phi) is 4.91. The molecule has 0 aromatic carbocycles. The van der Waals surface area contributed by atoms with Gasteiger partial charge in [-0.25, -0.2) is 9.31 Å². The van der Waals surface area contributed by atoms with Gasteiger partial charge in [0.05, 0.1) is 41.6 Å². The molecule has 0 radical (unpaired) electrons. The van der Waals surface area contributed by atoms with Gasteiger partial charge in [0.2, 0.25) is 0 Å². The van der Waals surface area contributed by atoms with Crippen LogP contribution in [0.2, 0.25) is 0 Å². The van der Waals surface area contributed by atoms with Gasteiger partial charge < -0.3 is 14.8 Å². The van der Waals surface area contributed by atoms with Crippen LogP contribution >= 0.6 is 11.3 Å². The van der Waals surface area contributed by atoms with E-state index in [2.05, 4.69) is 25.5 Å². The summed E-state index contributed by atoms with van der Waals surface area (Å²) < 4.78 is 8.58. The average Bonchev–Trinajstić information content (AvgIpc) is 3.40. The molecule has 0 unspecified atom stereocenters. The number of aliphatic hydroxyl groups is 1. The van der Waals surface area contributed by atoms with E-state index in [0.29, 0.717) is 39.0 Å². The van der Waals surface area contributed by atoms with E-state index in [4.69, 9.17) is 9.84 Å². The van der Waals surface area contributed by atoms with Crippen molar-refractivity contribution in [2.45, 2.75) is 32.9 Å². The van der Waals surface area contributed by atoms with Crippen molar-refractivity contribution in [1.82, 2.24) is 29.4 Å². The van der Waals surface area contributed by atoms with E-state index in [-0.39, 0.29) is 12.2 Å². The van der Waals surface area contributed by atoms with Crippen molar-refractivity contribution in [1.29, 1.82) is 0 Å². The number of fused-ring (bicyclic) bond motifs is 5. The summed E-state index contributed by atoms with van der Waals surface area (Å²) in [7, 11) is 0. The third kappa shape index (κ3) is 3.94. The predicted octanol–water partition coefficient (Wildman–Crippen LogP) is 2.99. The molecule has 11 nitrogen and oxygen atoms in total. The number of thiazole rings is 1. The van der Waals surface area contributed by atoms with Gasteiger partial charge in [-0.3, -0.25) is 19.8 Å². The molecular formula is C21H21N7O4S. The molecule has 5 rings (SSSR count). The first-order chi connectivity index (χ1) is 15.7. The summed E-state index contributed by atoms with van der Waals surface area (Å²) >= 11 is 1.42. The van der Waals surface area contributed by atoms with Crippen LogP contribution in [0.4, 0.5) is 10.5 Å². The molecule has 0 spiro atoms. The van der Waals surface area contributed by atoms with Gasteiger partial charge in [0.15, 0.2) is 0 Å². The third-order valence-corrected chi connectivity index (χ3v) is 5.94. The van der Waals surface area contributed by atoms with Crippen LogP contribution in [0, 0.1) is 0 Å². The first kappa shape index (κ1) is 21.1. The minimum absolute atomic E-state index is 0.00395. The van der Waals surface area contributed by atoms with E-state index in [9.17, 15) is 9.59 Å². The molecule has 0 saturated heterocycles. The van der Waals surface area contributed by atoms with Gasteiger partial charge in [-0.2, -0.15) is 10.2 Å². The molecule has 1 amide bonds. The summed E-state index contributed by atoms with van der Waals surface area (Å²) in [6.45, 7) is 5.74. The SMILES string of the molecule is CC(C)(C)OC(=O)Nc1cnc2c(c1)[nH]c(=O)c1c2nn2cc(-c3cnn(CCO)c3)sc12. The molecule has 5 aromatic rings. The Bertz CT molecular complexity index is 1570. The molecule has 170 valence electrons.